The largest absolute Gasteiger partial charge is 0.360 e. The highest BCUT2D eigenvalue weighted by atomic mass is 32.1. The average Bonchev–Trinajstić information content (AvgIpc) is 3.11. The number of hydrogen-bond donors (Lipinski definition) is 3. The zero-order valence-electron chi connectivity index (χ0n) is 19.7. The molecule has 188 valence electrons. The Bertz CT molecular complexity index is 1270. The molecule has 9 nitrogen and oxygen atoms in total. The van der Waals surface area contributed by atoms with Crippen LogP contribution in [0.3, 0.4) is 0 Å². The molecule has 0 unspecified atom stereocenters. The van der Waals surface area contributed by atoms with Crippen LogP contribution in [0.1, 0.15) is 20.3 Å². The standard InChI is InChI=1S/C23H28F2N6O3S/c1-4-9-30(3)14-20(32)29-16-8-6-7-15(10-16)27-12-18-22(34)31(5-2)23(35-18)17(11-26)21(33)28-13-19(24)25/h6-8,10,12,19,27H,4-5,9,13-14H2,1-3H3,(H,28,33)(H,29,32). The summed E-state index contributed by atoms with van der Waals surface area (Å²) >= 11 is 0.901. The number of amides is 2. The fourth-order valence-electron chi connectivity index (χ4n) is 3.19. The summed E-state index contributed by atoms with van der Waals surface area (Å²) in [7, 11) is 1.87. The van der Waals surface area contributed by atoms with Crippen molar-refractivity contribution in [2.24, 2.45) is 0 Å². The zero-order chi connectivity index (χ0) is 26.0. The smallest absolute Gasteiger partial charge is 0.270 e. The summed E-state index contributed by atoms with van der Waals surface area (Å²) in [5, 5.41) is 17.2. The fraction of sp³-hybridized carbons (Fsp3) is 0.391. The maximum atomic E-state index is 12.8. The second-order valence-corrected chi connectivity index (χ2v) is 8.59. The summed E-state index contributed by atoms with van der Waals surface area (Å²) in [5.41, 5.74) is 0.332. The lowest BCUT2D eigenvalue weighted by Crippen LogP contribution is -2.35. The van der Waals surface area contributed by atoms with Gasteiger partial charge in [0.05, 0.1) is 13.1 Å². The van der Waals surface area contributed by atoms with Crippen molar-refractivity contribution in [3.8, 4) is 6.07 Å². The van der Waals surface area contributed by atoms with Crippen LogP contribution in [0, 0.1) is 11.3 Å². The lowest BCUT2D eigenvalue weighted by atomic mass is 10.2. The van der Waals surface area contributed by atoms with E-state index in [9.17, 15) is 28.4 Å². The highest BCUT2D eigenvalue weighted by Gasteiger charge is 2.16. The number of carbonyl (C=O) groups is 2. The molecule has 1 aromatic carbocycles. The van der Waals surface area contributed by atoms with Gasteiger partial charge in [-0.3, -0.25) is 23.9 Å². The molecule has 2 aromatic rings. The number of rotatable bonds is 11. The van der Waals surface area contributed by atoms with Gasteiger partial charge in [0.2, 0.25) is 5.91 Å². The maximum absolute atomic E-state index is 12.8. The van der Waals surface area contributed by atoms with E-state index in [0.29, 0.717) is 11.4 Å². The maximum Gasteiger partial charge on any atom is 0.270 e. The van der Waals surface area contributed by atoms with E-state index in [4.69, 9.17) is 0 Å². The first kappa shape index (κ1) is 27.7. The van der Waals surface area contributed by atoms with Gasteiger partial charge in [-0.2, -0.15) is 5.26 Å². The summed E-state index contributed by atoms with van der Waals surface area (Å²) in [4.78, 5) is 39.1. The Morgan fingerprint density at radius 3 is 2.63 bits per heavy atom. The Kier molecular flexibility index (Phi) is 10.6. The molecule has 1 aromatic heterocycles. The van der Waals surface area contributed by atoms with Gasteiger partial charge in [-0.15, -0.1) is 11.3 Å². The van der Waals surface area contributed by atoms with Crippen LogP contribution >= 0.6 is 11.3 Å². The molecule has 0 radical (unpaired) electrons. The molecular weight excluding hydrogens is 478 g/mol. The van der Waals surface area contributed by atoms with Gasteiger partial charge in [0.15, 0.2) is 5.57 Å². The fourth-order valence-corrected chi connectivity index (χ4v) is 4.27. The van der Waals surface area contributed by atoms with E-state index in [-0.39, 0.29) is 28.2 Å². The predicted molar refractivity (Wildman–Crippen MR) is 132 cm³/mol. The van der Waals surface area contributed by atoms with Crippen LogP contribution in [-0.2, 0) is 16.1 Å². The van der Waals surface area contributed by atoms with Crippen LogP contribution < -0.4 is 30.7 Å². The van der Waals surface area contributed by atoms with Crippen LogP contribution in [0.25, 0.3) is 11.8 Å². The van der Waals surface area contributed by atoms with Crippen molar-refractivity contribution in [1.29, 1.82) is 5.26 Å². The summed E-state index contributed by atoms with van der Waals surface area (Å²) in [6.07, 6.45) is -0.386. The van der Waals surface area contributed by atoms with Gasteiger partial charge in [-0.1, -0.05) is 13.0 Å². The molecule has 0 saturated heterocycles. The number of carbonyl (C=O) groups excluding carboxylic acids is 2. The SMILES string of the molecule is CCCN(C)CC(=O)Nc1cccc(NC=c2sc(=C(C#N)C(=O)NCC(F)F)n(CC)c2=O)c1. The van der Waals surface area contributed by atoms with Crippen molar-refractivity contribution in [1.82, 2.24) is 14.8 Å². The van der Waals surface area contributed by atoms with Gasteiger partial charge in [-0.25, -0.2) is 8.78 Å². The minimum atomic E-state index is -2.76. The summed E-state index contributed by atoms with van der Waals surface area (Å²) in [6, 6.07) is 8.63. The number of aromatic nitrogens is 1. The topological polar surface area (TPSA) is 119 Å². The summed E-state index contributed by atoms with van der Waals surface area (Å²) < 4.78 is 26.4. The first-order chi connectivity index (χ1) is 16.7. The highest BCUT2D eigenvalue weighted by Crippen LogP contribution is 2.15. The molecule has 1 heterocycles. The second kappa shape index (κ2) is 13.4. The monoisotopic (exact) mass is 506 g/mol. The molecule has 0 saturated carbocycles. The first-order valence-corrected chi connectivity index (χ1v) is 11.8. The third-order valence-corrected chi connectivity index (χ3v) is 5.86. The Balaban J connectivity index is 2.30. The van der Waals surface area contributed by atoms with E-state index >= 15 is 0 Å². The number of nitrogens with zero attached hydrogens (tertiary/aromatic N) is 3. The van der Waals surface area contributed by atoms with E-state index in [1.807, 2.05) is 24.2 Å². The number of thiazole rings is 1. The first-order valence-electron chi connectivity index (χ1n) is 11.0. The Morgan fingerprint density at radius 2 is 2.00 bits per heavy atom. The summed E-state index contributed by atoms with van der Waals surface area (Å²) in [5.74, 6) is -1.12. The van der Waals surface area contributed by atoms with Crippen LogP contribution in [0.5, 0.6) is 0 Å². The third-order valence-electron chi connectivity index (χ3n) is 4.73. The summed E-state index contributed by atoms with van der Waals surface area (Å²) in [6.45, 7) is 4.06. The van der Waals surface area contributed by atoms with E-state index < -0.39 is 30.0 Å². The molecule has 0 spiro atoms. The number of nitriles is 1. The molecule has 0 aliphatic carbocycles. The predicted octanol–water partition coefficient (Wildman–Crippen LogP) is 1.12. The molecule has 35 heavy (non-hydrogen) atoms. The van der Waals surface area contributed by atoms with Gasteiger partial charge in [0, 0.05) is 24.1 Å². The van der Waals surface area contributed by atoms with E-state index in [1.165, 1.54) is 10.8 Å². The molecule has 0 aliphatic rings. The van der Waals surface area contributed by atoms with Crippen molar-refractivity contribution in [3.63, 3.8) is 0 Å². The Hall–Kier alpha value is -3.56. The van der Waals surface area contributed by atoms with Crippen LogP contribution in [0.4, 0.5) is 20.2 Å². The minimum Gasteiger partial charge on any atom is -0.360 e. The van der Waals surface area contributed by atoms with Crippen molar-refractivity contribution in [3.05, 3.63) is 43.8 Å². The Morgan fingerprint density at radius 1 is 1.29 bits per heavy atom. The van der Waals surface area contributed by atoms with Gasteiger partial charge >= 0.3 is 0 Å². The van der Waals surface area contributed by atoms with Gasteiger partial charge < -0.3 is 16.0 Å². The third kappa shape index (κ3) is 8.01. The van der Waals surface area contributed by atoms with E-state index in [0.717, 1.165) is 24.3 Å². The number of halogens is 2. The van der Waals surface area contributed by atoms with Crippen molar-refractivity contribution < 1.29 is 18.4 Å². The molecule has 2 rings (SSSR count). The van der Waals surface area contributed by atoms with Gasteiger partial charge in [0.1, 0.15) is 15.3 Å². The normalized spacial score (nSPS) is 12.5. The number of benzene rings is 1. The number of likely N-dealkylation sites (N-methyl/N-ethyl adjacent to an activating group) is 1. The molecule has 0 fully saturated rings. The molecular formula is C23H28F2N6O3S. The average molecular weight is 507 g/mol. The van der Waals surface area contributed by atoms with Crippen molar-refractivity contribution in [2.45, 2.75) is 33.2 Å². The van der Waals surface area contributed by atoms with E-state index in [1.54, 1.807) is 37.3 Å². The van der Waals surface area contributed by atoms with E-state index in [2.05, 4.69) is 10.6 Å². The minimum absolute atomic E-state index is 0.0806. The lowest BCUT2D eigenvalue weighted by Gasteiger charge is -2.15. The lowest BCUT2D eigenvalue weighted by molar-refractivity contribution is -0.117. The van der Waals surface area contributed by atoms with Crippen LogP contribution in [-0.4, -0.2) is 54.4 Å². The quantitative estimate of drug-likeness (QED) is 0.420. The molecule has 12 heteroatoms. The number of hydrogen-bond acceptors (Lipinski definition) is 7. The highest BCUT2D eigenvalue weighted by molar-refractivity contribution is 7.07. The van der Waals surface area contributed by atoms with Gasteiger partial charge in [-0.05, 0) is 45.1 Å². The molecule has 0 atom stereocenters. The molecule has 0 aliphatic heterocycles. The van der Waals surface area contributed by atoms with Crippen molar-refractivity contribution >= 4 is 46.3 Å². The number of anilines is 2. The number of nitrogens with one attached hydrogen (secondary N) is 3. The number of alkyl halides is 2. The second-order valence-electron chi connectivity index (χ2n) is 7.56. The Labute approximate surface area is 205 Å². The zero-order valence-corrected chi connectivity index (χ0v) is 20.5. The van der Waals surface area contributed by atoms with Crippen LogP contribution in [0.2, 0.25) is 0 Å². The molecule has 3 N–H and O–H groups in total. The van der Waals surface area contributed by atoms with Crippen molar-refractivity contribution in [2.75, 3.05) is 37.3 Å². The van der Waals surface area contributed by atoms with Gasteiger partial charge in [0.25, 0.3) is 17.9 Å². The molecule has 0 bridgehead atoms. The molecule has 2 amide bonds. The van der Waals surface area contributed by atoms with Crippen LogP contribution in [0.15, 0.2) is 29.1 Å².